The molecule has 2 amide bonds. The molecule has 3 aromatic carbocycles. The normalized spacial score (nSPS) is 12.9. The van der Waals surface area contributed by atoms with E-state index in [4.69, 9.17) is 23.2 Å². The van der Waals surface area contributed by atoms with Gasteiger partial charge in [-0.3, -0.25) is 13.9 Å². The zero-order valence-corrected chi connectivity index (χ0v) is 26.4. The number of carbonyl (C=O) groups is 2. The van der Waals surface area contributed by atoms with Crippen LogP contribution in [0.25, 0.3) is 0 Å². The van der Waals surface area contributed by atoms with Crippen molar-refractivity contribution in [2.75, 3.05) is 10.8 Å². The van der Waals surface area contributed by atoms with E-state index in [1.165, 1.54) is 17.0 Å². The Labute approximate surface area is 253 Å². The first-order valence-corrected chi connectivity index (χ1v) is 15.8. The molecule has 220 valence electrons. The second-order valence-corrected chi connectivity index (χ2v) is 12.9. The zero-order chi connectivity index (χ0) is 30.3. The Morgan fingerprint density at radius 3 is 2.07 bits per heavy atom. The molecule has 0 heterocycles. The van der Waals surface area contributed by atoms with Gasteiger partial charge in [-0.1, -0.05) is 67.4 Å². The molecule has 0 bridgehead atoms. The van der Waals surface area contributed by atoms with E-state index in [2.05, 4.69) is 5.32 Å². The van der Waals surface area contributed by atoms with E-state index >= 15 is 0 Å². The van der Waals surface area contributed by atoms with Crippen LogP contribution in [0.2, 0.25) is 10.0 Å². The largest absolute Gasteiger partial charge is 0.352 e. The Balaban J connectivity index is 2.10. The molecule has 10 heteroatoms. The first-order chi connectivity index (χ1) is 19.4. The van der Waals surface area contributed by atoms with Gasteiger partial charge in [-0.05, 0) is 86.7 Å². The number of sulfonamides is 1. The van der Waals surface area contributed by atoms with Crippen LogP contribution in [-0.4, -0.2) is 43.8 Å². The fraction of sp³-hybridized carbons (Fsp3) is 0.355. The third-order valence-corrected chi connectivity index (χ3v) is 9.36. The lowest BCUT2D eigenvalue weighted by Gasteiger charge is -2.34. The molecule has 3 aromatic rings. The average Bonchev–Trinajstić information content (AvgIpc) is 2.93. The van der Waals surface area contributed by atoms with Crippen molar-refractivity contribution in [3.05, 3.63) is 93.5 Å². The summed E-state index contributed by atoms with van der Waals surface area (Å²) in [5.41, 5.74) is 2.73. The monoisotopic (exact) mass is 617 g/mol. The Morgan fingerprint density at radius 1 is 0.878 bits per heavy atom. The molecule has 0 radical (unpaired) electrons. The van der Waals surface area contributed by atoms with Gasteiger partial charge in [-0.2, -0.15) is 0 Å². The summed E-state index contributed by atoms with van der Waals surface area (Å²) in [5.74, 6) is -0.833. The average molecular weight is 619 g/mol. The Hall–Kier alpha value is -3.07. The summed E-state index contributed by atoms with van der Waals surface area (Å²) in [6.07, 6.45) is 1.04. The summed E-state index contributed by atoms with van der Waals surface area (Å²) in [5, 5.41) is 3.65. The number of halogens is 2. The topological polar surface area (TPSA) is 86.8 Å². The highest BCUT2D eigenvalue weighted by Gasteiger charge is 2.34. The van der Waals surface area contributed by atoms with E-state index in [9.17, 15) is 18.0 Å². The third kappa shape index (κ3) is 8.24. The molecule has 1 N–H and O–H groups in total. The van der Waals surface area contributed by atoms with Crippen molar-refractivity contribution in [2.24, 2.45) is 0 Å². The van der Waals surface area contributed by atoms with E-state index in [0.717, 1.165) is 21.9 Å². The molecule has 3 rings (SSSR count). The second kappa shape index (κ2) is 14.2. The lowest BCUT2D eigenvalue weighted by molar-refractivity contribution is -0.140. The molecule has 0 saturated carbocycles. The first kappa shape index (κ1) is 32.4. The predicted molar refractivity (Wildman–Crippen MR) is 166 cm³/mol. The van der Waals surface area contributed by atoms with Gasteiger partial charge >= 0.3 is 0 Å². The summed E-state index contributed by atoms with van der Waals surface area (Å²) in [4.78, 5) is 29.0. The van der Waals surface area contributed by atoms with Crippen molar-refractivity contribution >= 4 is 50.7 Å². The van der Waals surface area contributed by atoms with Gasteiger partial charge in [0.1, 0.15) is 12.6 Å². The van der Waals surface area contributed by atoms with Crippen molar-refractivity contribution < 1.29 is 18.0 Å². The van der Waals surface area contributed by atoms with E-state index in [1.54, 1.807) is 48.5 Å². The summed E-state index contributed by atoms with van der Waals surface area (Å²) in [6, 6.07) is 17.5. The molecule has 0 aliphatic heterocycles. The molecule has 0 aliphatic carbocycles. The highest BCUT2D eigenvalue weighted by molar-refractivity contribution is 7.92. The Kier molecular flexibility index (Phi) is 11.2. The Morgan fingerprint density at radius 2 is 1.51 bits per heavy atom. The maximum Gasteiger partial charge on any atom is 0.264 e. The number of hydrogen-bond donors (Lipinski definition) is 1. The smallest absolute Gasteiger partial charge is 0.264 e. The number of carbonyl (C=O) groups excluding carboxylic acids is 2. The number of nitrogens with zero attached hydrogens (tertiary/aromatic N) is 2. The lowest BCUT2D eigenvalue weighted by atomic mass is 10.1. The summed E-state index contributed by atoms with van der Waals surface area (Å²) in [7, 11) is -4.13. The van der Waals surface area contributed by atoms with E-state index < -0.39 is 28.5 Å². The molecular formula is C31H37Cl2N3O4S. The van der Waals surface area contributed by atoms with Gasteiger partial charge in [-0.25, -0.2) is 8.42 Å². The van der Waals surface area contributed by atoms with Gasteiger partial charge in [0.25, 0.3) is 10.0 Å². The second-order valence-electron chi connectivity index (χ2n) is 10.2. The van der Waals surface area contributed by atoms with Crippen molar-refractivity contribution in [2.45, 2.75) is 71.0 Å². The van der Waals surface area contributed by atoms with Crippen LogP contribution in [0.1, 0.15) is 50.3 Å². The first-order valence-electron chi connectivity index (χ1n) is 13.6. The minimum Gasteiger partial charge on any atom is -0.352 e. The minimum absolute atomic E-state index is 0.0359. The van der Waals surface area contributed by atoms with Gasteiger partial charge in [0.2, 0.25) is 11.8 Å². The highest BCUT2D eigenvalue weighted by atomic mass is 35.5. The summed E-state index contributed by atoms with van der Waals surface area (Å²) >= 11 is 12.4. The van der Waals surface area contributed by atoms with E-state index in [0.29, 0.717) is 27.7 Å². The number of anilines is 1. The molecule has 0 spiro atoms. The number of hydrogen-bond acceptors (Lipinski definition) is 4. The van der Waals surface area contributed by atoms with Gasteiger partial charge in [-0.15, -0.1) is 0 Å². The zero-order valence-electron chi connectivity index (χ0n) is 24.0. The number of amides is 2. The molecule has 0 aliphatic rings. The molecule has 0 fully saturated rings. The SMILES string of the molecule is CCC(C)NC(=O)C(CC)N(Cc1ccc(Cl)c(Cl)c1)C(=O)CN(c1cc(C)cc(C)c1)S(=O)(=O)c1ccccc1. The van der Waals surface area contributed by atoms with E-state index in [-0.39, 0.29) is 23.4 Å². The maximum absolute atomic E-state index is 14.2. The number of benzene rings is 3. The molecule has 0 aromatic heterocycles. The lowest BCUT2D eigenvalue weighted by Crippen LogP contribution is -2.53. The molecule has 41 heavy (non-hydrogen) atoms. The molecule has 0 saturated heterocycles. The van der Waals surface area contributed by atoms with Crippen LogP contribution in [0, 0.1) is 13.8 Å². The predicted octanol–water partition coefficient (Wildman–Crippen LogP) is 6.53. The van der Waals surface area contributed by atoms with Crippen LogP contribution in [0.3, 0.4) is 0 Å². The van der Waals surface area contributed by atoms with Crippen LogP contribution >= 0.6 is 23.2 Å². The maximum atomic E-state index is 14.2. The Bertz CT molecular complexity index is 1460. The van der Waals surface area contributed by atoms with Gasteiger partial charge in [0.15, 0.2) is 0 Å². The number of aryl methyl sites for hydroxylation is 2. The minimum atomic E-state index is -4.13. The van der Waals surface area contributed by atoms with Crippen LogP contribution in [0.5, 0.6) is 0 Å². The van der Waals surface area contributed by atoms with E-state index in [1.807, 2.05) is 40.7 Å². The van der Waals surface area contributed by atoms with Gasteiger partial charge in [0.05, 0.1) is 20.6 Å². The molecule has 2 atom stereocenters. The molecular weight excluding hydrogens is 581 g/mol. The number of rotatable bonds is 12. The van der Waals surface area contributed by atoms with Gasteiger partial charge in [0, 0.05) is 12.6 Å². The fourth-order valence-corrected chi connectivity index (χ4v) is 6.28. The van der Waals surface area contributed by atoms with Crippen molar-refractivity contribution in [1.29, 1.82) is 0 Å². The van der Waals surface area contributed by atoms with Crippen molar-refractivity contribution in [1.82, 2.24) is 10.2 Å². The standard InChI is InChI=1S/C31H37Cl2N3O4S/c1-6-23(5)34-31(38)29(7-2)35(19-24-13-14-27(32)28(33)18-24)30(37)20-36(25-16-21(3)15-22(4)17-25)41(39,40)26-11-9-8-10-12-26/h8-18,23,29H,6-7,19-20H2,1-5H3,(H,34,38). The molecule has 7 nitrogen and oxygen atoms in total. The quantitative estimate of drug-likeness (QED) is 0.250. The van der Waals surface area contributed by atoms with Crippen LogP contribution in [0.15, 0.2) is 71.6 Å². The summed E-state index contributed by atoms with van der Waals surface area (Å²) < 4.78 is 29.0. The van der Waals surface area contributed by atoms with Crippen molar-refractivity contribution in [3.8, 4) is 0 Å². The van der Waals surface area contributed by atoms with Crippen LogP contribution in [0.4, 0.5) is 5.69 Å². The molecule has 2 unspecified atom stereocenters. The van der Waals surface area contributed by atoms with Crippen LogP contribution in [-0.2, 0) is 26.2 Å². The highest BCUT2D eigenvalue weighted by Crippen LogP contribution is 2.28. The van der Waals surface area contributed by atoms with Gasteiger partial charge < -0.3 is 10.2 Å². The summed E-state index contributed by atoms with van der Waals surface area (Å²) in [6.45, 7) is 8.94. The van der Waals surface area contributed by atoms with Crippen LogP contribution < -0.4 is 9.62 Å². The third-order valence-electron chi connectivity index (χ3n) is 6.83. The van der Waals surface area contributed by atoms with Crippen molar-refractivity contribution in [3.63, 3.8) is 0 Å². The fourth-order valence-electron chi connectivity index (χ4n) is 4.54. The number of nitrogens with one attached hydrogen (secondary N) is 1.